The van der Waals surface area contributed by atoms with Crippen molar-refractivity contribution in [1.82, 2.24) is 0 Å². The van der Waals surface area contributed by atoms with Gasteiger partial charge in [-0.1, -0.05) is 28.0 Å². The summed E-state index contributed by atoms with van der Waals surface area (Å²) in [6.45, 7) is 1.76. The van der Waals surface area contributed by atoms with Gasteiger partial charge in [0.05, 0.1) is 4.92 Å². The number of hydrogen-bond donors (Lipinski definition) is 2. The van der Waals surface area contributed by atoms with Gasteiger partial charge in [0, 0.05) is 10.5 Å². The Hall–Kier alpha value is -1.83. The number of amidine groups is 1. The number of ether oxygens (including phenoxy) is 1. The molecule has 0 radical (unpaired) electrons. The lowest BCUT2D eigenvalue weighted by Gasteiger charge is -2.15. The molecule has 0 aliphatic heterocycles. The molecule has 8 heteroatoms. The lowest BCUT2D eigenvalue weighted by molar-refractivity contribution is -0.386. The Kier molecular flexibility index (Phi) is 4.90. The van der Waals surface area contributed by atoms with E-state index in [0.29, 0.717) is 10.9 Å². The van der Waals surface area contributed by atoms with Crippen LogP contribution in [0.15, 0.2) is 27.8 Å². The maximum Gasteiger partial charge on any atom is 0.312 e. The summed E-state index contributed by atoms with van der Waals surface area (Å²) in [6.07, 6.45) is -0.293. The second kappa shape index (κ2) is 6.20. The minimum absolute atomic E-state index is 0.0710. The minimum Gasteiger partial charge on any atom is -0.475 e. The van der Waals surface area contributed by atoms with Gasteiger partial charge in [-0.25, -0.2) is 0 Å². The normalized spacial score (nSPS) is 13.1. The summed E-state index contributed by atoms with van der Waals surface area (Å²) in [5.74, 6) is -0.0589. The molecule has 18 heavy (non-hydrogen) atoms. The van der Waals surface area contributed by atoms with Crippen LogP contribution < -0.4 is 10.5 Å². The van der Waals surface area contributed by atoms with Crippen molar-refractivity contribution in [3.05, 3.63) is 32.8 Å². The molecule has 0 saturated carbocycles. The Balaban J connectivity index is 3.06. The molecular weight excluding hydrogens is 306 g/mol. The van der Waals surface area contributed by atoms with Crippen LogP contribution in [0.5, 0.6) is 5.75 Å². The lowest BCUT2D eigenvalue weighted by atomic mass is 10.2. The maximum absolute atomic E-state index is 10.9. The highest BCUT2D eigenvalue weighted by Crippen LogP contribution is 2.31. The molecule has 7 nitrogen and oxygen atoms in total. The zero-order valence-electron chi connectivity index (χ0n) is 9.54. The number of halogens is 1. The van der Waals surface area contributed by atoms with Crippen molar-refractivity contribution in [2.45, 2.75) is 19.4 Å². The molecule has 3 N–H and O–H groups in total. The van der Waals surface area contributed by atoms with Crippen LogP contribution in [0, 0.1) is 10.1 Å². The van der Waals surface area contributed by atoms with Gasteiger partial charge in [0.15, 0.2) is 17.7 Å². The Morgan fingerprint density at radius 1 is 1.72 bits per heavy atom. The van der Waals surface area contributed by atoms with Crippen molar-refractivity contribution >= 4 is 27.5 Å². The monoisotopic (exact) mass is 317 g/mol. The smallest absolute Gasteiger partial charge is 0.312 e. The second-order valence-electron chi connectivity index (χ2n) is 3.41. The number of hydrogen-bond acceptors (Lipinski definition) is 5. The van der Waals surface area contributed by atoms with Gasteiger partial charge in [-0.15, -0.1) is 0 Å². The molecule has 1 rings (SSSR count). The van der Waals surface area contributed by atoms with E-state index in [-0.39, 0.29) is 17.3 Å². The SMILES string of the molecule is CCC(Oc1ccc(Br)cc1[N+](=O)[O-])C(N)=NO. The molecule has 0 aromatic heterocycles. The highest BCUT2D eigenvalue weighted by atomic mass is 79.9. The fraction of sp³-hybridized carbons (Fsp3) is 0.300. The van der Waals surface area contributed by atoms with Crippen LogP contribution in [-0.2, 0) is 0 Å². The van der Waals surface area contributed by atoms with Crippen LogP contribution in [0.2, 0.25) is 0 Å². The molecular formula is C10H12BrN3O4. The van der Waals surface area contributed by atoms with Crippen molar-refractivity contribution in [3.63, 3.8) is 0 Å². The highest BCUT2D eigenvalue weighted by molar-refractivity contribution is 9.10. The summed E-state index contributed by atoms with van der Waals surface area (Å²) in [5.41, 5.74) is 5.24. The maximum atomic E-state index is 10.9. The van der Waals surface area contributed by atoms with E-state index in [1.54, 1.807) is 13.0 Å². The molecule has 0 amide bonds. The number of nitrogens with two attached hydrogens (primary N) is 1. The standard InChI is InChI=1S/C10H12BrN3O4/c1-2-8(10(12)13-15)18-9-4-3-6(11)5-7(9)14(16)17/h3-5,8,15H,2H2,1H3,(H2,12,13). The van der Waals surface area contributed by atoms with E-state index >= 15 is 0 Å². The number of rotatable bonds is 5. The number of nitro benzene ring substituents is 1. The molecule has 1 aromatic carbocycles. The average molecular weight is 318 g/mol. The van der Waals surface area contributed by atoms with Crippen molar-refractivity contribution in [2.75, 3.05) is 0 Å². The van der Waals surface area contributed by atoms with Crippen LogP contribution in [0.3, 0.4) is 0 Å². The molecule has 0 saturated heterocycles. The highest BCUT2D eigenvalue weighted by Gasteiger charge is 2.21. The quantitative estimate of drug-likeness (QED) is 0.284. The fourth-order valence-corrected chi connectivity index (χ4v) is 1.65. The van der Waals surface area contributed by atoms with E-state index in [1.807, 2.05) is 0 Å². The Morgan fingerprint density at radius 2 is 2.39 bits per heavy atom. The molecule has 98 valence electrons. The van der Waals surface area contributed by atoms with Gasteiger partial charge in [-0.3, -0.25) is 10.1 Å². The van der Waals surface area contributed by atoms with Crippen molar-refractivity contribution in [3.8, 4) is 5.75 Å². The molecule has 0 fully saturated rings. The Morgan fingerprint density at radius 3 is 2.89 bits per heavy atom. The fourth-order valence-electron chi connectivity index (χ4n) is 1.30. The van der Waals surface area contributed by atoms with Gasteiger partial charge >= 0.3 is 5.69 Å². The Labute approximate surface area is 112 Å². The van der Waals surface area contributed by atoms with Crippen LogP contribution in [0.1, 0.15) is 13.3 Å². The molecule has 1 aromatic rings. The van der Waals surface area contributed by atoms with Gasteiger partial charge < -0.3 is 15.7 Å². The third kappa shape index (κ3) is 3.33. The van der Waals surface area contributed by atoms with Crippen molar-refractivity contribution in [2.24, 2.45) is 10.9 Å². The molecule has 0 bridgehead atoms. The Bertz CT molecular complexity index is 478. The zero-order chi connectivity index (χ0) is 13.7. The first-order chi connectivity index (χ1) is 8.49. The predicted molar refractivity (Wildman–Crippen MR) is 68.9 cm³/mol. The summed E-state index contributed by atoms with van der Waals surface area (Å²) in [7, 11) is 0. The van der Waals surface area contributed by atoms with Crippen molar-refractivity contribution in [1.29, 1.82) is 0 Å². The zero-order valence-corrected chi connectivity index (χ0v) is 11.1. The number of nitrogens with zero attached hydrogens (tertiary/aromatic N) is 2. The van der Waals surface area contributed by atoms with Gasteiger partial charge in [-0.2, -0.15) is 0 Å². The van der Waals surface area contributed by atoms with E-state index in [0.717, 1.165) is 0 Å². The summed E-state index contributed by atoms with van der Waals surface area (Å²) < 4.78 is 5.95. The summed E-state index contributed by atoms with van der Waals surface area (Å²) in [5, 5.41) is 22.3. The van der Waals surface area contributed by atoms with Crippen LogP contribution >= 0.6 is 15.9 Å². The van der Waals surface area contributed by atoms with E-state index in [1.165, 1.54) is 12.1 Å². The largest absolute Gasteiger partial charge is 0.475 e. The van der Waals surface area contributed by atoms with E-state index < -0.39 is 11.0 Å². The summed E-state index contributed by atoms with van der Waals surface area (Å²) in [6, 6.07) is 4.39. The third-order valence-electron chi connectivity index (χ3n) is 2.20. The number of oxime groups is 1. The topological polar surface area (TPSA) is 111 Å². The molecule has 0 heterocycles. The molecule has 1 unspecified atom stereocenters. The molecule has 0 aliphatic rings. The first-order valence-corrected chi connectivity index (χ1v) is 5.86. The van der Waals surface area contributed by atoms with Gasteiger partial charge in [0.25, 0.3) is 0 Å². The van der Waals surface area contributed by atoms with E-state index in [9.17, 15) is 10.1 Å². The number of benzene rings is 1. The molecule has 0 aliphatic carbocycles. The summed E-state index contributed by atoms with van der Waals surface area (Å²) >= 11 is 3.14. The van der Waals surface area contributed by atoms with Crippen LogP contribution in [0.25, 0.3) is 0 Å². The average Bonchev–Trinajstić information content (AvgIpc) is 2.36. The summed E-state index contributed by atoms with van der Waals surface area (Å²) in [4.78, 5) is 10.3. The van der Waals surface area contributed by atoms with Gasteiger partial charge in [-0.05, 0) is 18.6 Å². The van der Waals surface area contributed by atoms with Crippen molar-refractivity contribution < 1.29 is 14.9 Å². The predicted octanol–water partition coefficient (Wildman–Crippen LogP) is 2.26. The molecule has 1 atom stereocenters. The number of nitro groups is 1. The van der Waals surface area contributed by atoms with Crippen LogP contribution in [-0.4, -0.2) is 22.1 Å². The minimum atomic E-state index is -0.713. The first kappa shape index (κ1) is 14.2. The van der Waals surface area contributed by atoms with E-state index in [2.05, 4.69) is 21.1 Å². The van der Waals surface area contributed by atoms with Crippen LogP contribution in [0.4, 0.5) is 5.69 Å². The second-order valence-corrected chi connectivity index (χ2v) is 4.32. The van der Waals surface area contributed by atoms with Gasteiger partial charge in [0.1, 0.15) is 0 Å². The molecule has 0 spiro atoms. The lowest BCUT2D eigenvalue weighted by Crippen LogP contribution is -2.33. The van der Waals surface area contributed by atoms with Gasteiger partial charge in [0.2, 0.25) is 0 Å². The first-order valence-electron chi connectivity index (χ1n) is 5.07. The third-order valence-corrected chi connectivity index (χ3v) is 2.70. The van der Waals surface area contributed by atoms with E-state index in [4.69, 9.17) is 15.7 Å².